The maximum Gasteiger partial charge on any atom is 0.243 e. The van der Waals surface area contributed by atoms with Gasteiger partial charge in [0.15, 0.2) is 0 Å². The Balaban J connectivity index is 2.39. The summed E-state index contributed by atoms with van der Waals surface area (Å²) in [4.78, 5) is 0.471. The molecule has 0 aromatic heterocycles. The Morgan fingerprint density at radius 2 is 2.05 bits per heavy atom. The van der Waals surface area contributed by atoms with Crippen molar-refractivity contribution in [2.45, 2.75) is 50.5 Å². The second kappa shape index (κ2) is 6.58. The van der Waals surface area contributed by atoms with Gasteiger partial charge in [-0.15, -0.1) is 0 Å². The molecule has 1 aliphatic heterocycles. The van der Waals surface area contributed by atoms with Crippen LogP contribution >= 0.6 is 15.9 Å². The third kappa shape index (κ3) is 3.26. The van der Waals surface area contributed by atoms with Gasteiger partial charge in [-0.25, -0.2) is 8.42 Å². The summed E-state index contributed by atoms with van der Waals surface area (Å²) >= 11 is 3.44. The van der Waals surface area contributed by atoms with Crippen LogP contribution in [0.1, 0.15) is 36.8 Å². The molecule has 1 aromatic carbocycles. The van der Waals surface area contributed by atoms with Crippen LogP contribution in [0.2, 0.25) is 0 Å². The zero-order valence-corrected chi connectivity index (χ0v) is 14.5. The Morgan fingerprint density at radius 3 is 2.75 bits per heavy atom. The number of rotatable bonds is 4. The van der Waals surface area contributed by atoms with Crippen molar-refractivity contribution in [2.75, 3.05) is 11.9 Å². The summed E-state index contributed by atoms with van der Waals surface area (Å²) < 4.78 is 27.6. The van der Waals surface area contributed by atoms with Crippen LogP contribution in [-0.2, 0) is 10.0 Å². The lowest BCUT2D eigenvalue weighted by Crippen LogP contribution is -2.44. The lowest BCUT2D eigenvalue weighted by Gasteiger charge is -2.34. The van der Waals surface area contributed by atoms with Gasteiger partial charge in [0.25, 0.3) is 0 Å². The molecular weight excluding hydrogens is 338 g/mol. The van der Waals surface area contributed by atoms with Crippen LogP contribution in [0.15, 0.2) is 23.1 Å². The lowest BCUT2D eigenvalue weighted by atomic mass is 10.0. The number of piperidine rings is 1. The number of halogens is 1. The molecule has 0 aliphatic carbocycles. The standard InChI is InChI=1S/C15H22BrNO2S/c1-12-6-7-13(2)15(11-12)20(18,19)17-10-4-3-5-14(17)8-9-16/h6-7,11,14H,3-5,8-10H2,1-2H3. The first-order valence-corrected chi connectivity index (χ1v) is 9.68. The van der Waals surface area contributed by atoms with Gasteiger partial charge < -0.3 is 0 Å². The molecule has 1 unspecified atom stereocenters. The minimum Gasteiger partial charge on any atom is -0.207 e. The van der Waals surface area contributed by atoms with Gasteiger partial charge in [0.05, 0.1) is 4.90 Å². The minimum absolute atomic E-state index is 0.132. The van der Waals surface area contributed by atoms with Crippen LogP contribution in [0.5, 0.6) is 0 Å². The highest BCUT2D eigenvalue weighted by Crippen LogP contribution is 2.29. The van der Waals surface area contributed by atoms with Crippen LogP contribution in [0.3, 0.4) is 0 Å². The van der Waals surface area contributed by atoms with Crippen LogP contribution in [-0.4, -0.2) is 30.6 Å². The number of hydrogen-bond acceptors (Lipinski definition) is 2. The smallest absolute Gasteiger partial charge is 0.207 e. The van der Waals surface area contributed by atoms with Gasteiger partial charge in [-0.05, 0) is 50.3 Å². The molecule has 20 heavy (non-hydrogen) atoms. The summed E-state index contributed by atoms with van der Waals surface area (Å²) in [6.07, 6.45) is 3.93. The van der Waals surface area contributed by atoms with Gasteiger partial charge in [0, 0.05) is 17.9 Å². The Bertz CT molecular complexity index is 569. The highest BCUT2D eigenvalue weighted by Gasteiger charge is 2.33. The van der Waals surface area contributed by atoms with Crippen molar-refractivity contribution in [3.8, 4) is 0 Å². The molecular formula is C15H22BrNO2S. The highest BCUT2D eigenvalue weighted by molar-refractivity contribution is 9.09. The molecule has 1 heterocycles. The quantitative estimate of drug-likeness (QED) is 0.769. The summed E-state index contributed by atoms with van der Waals surface area (Å²) in [5.41, 5.74) is 1.82. The molecule has 0 N–H and O–H groups in total. The van der Waals surface area contributed by atoms with Crippen molar-refractivity contribution >= 4 is 26.0 Å². The van der Waals surface area contributed by atoms with E-state index in [4.69, 9.17) is 0 Å². The van der Waals surface area contributed by atoms with E-state index < -0.39 is 10.0 Å². The van der Waals surface area contributed by atoms with Gasteiger partial charge in [-0.2, -0.15) is 4.31 Å². The molecule has 0 radical (unpaired) electrons. The molecule has 0 bridgehead atoms. The molecule has 1 aliphatic rings. The topological polar surface area (TPSA) is 37.4 Å². The molecule has 0 spiro atoms. The SMILES string of the molecule is Cc1ccc(C)c(S(=O)(=O)N2CCCCC2CCBr)c1. The minimum atomic E-state index is -3.37. The largest absolute Gasteiger partial charge is 0.243 e. The van der Waals surface area contributed by atoms with Gasteiger partial charge in [0.1, 0.15) is 0 Å². The van der Waals surface area contributed by atoms with Crippen molar-refractivity contribution < 1.29 is 8.42 Å². The van der Waals surface area contributed by atoms with Crippen LogP contribution < -0.4 is 0 Å². The van der Waals surface area contributed by atoms with E-state index in [9.17, 15) is 8.42 Å². The van der Waals surface area contributed by atoms with Crippen molar-refractivity contribution in [3.63, 3.8) is 0 Å². The van der Waals surface area contributed by atoms with E-state index in [0.717, 1.165) is 42.1 Å². The van der Waals surface area contributed by atoms with Gasteiger partial charge in [-0.1, -0.05) is 34.5 Å². The normalized spacial score (nSPS) is 21.1. The zero-order chi connectivity index (χ0) is 14.8. The van der Waals surface area contributed by atoms with Gasteiger partial charge in [-0.3, -0.25) is 0 Å². The first-order chi connectivity index (χ1) is 9.46. The molecule has 3 nitrogen and oxygen atoms in total. The average Bonchev–Trinajstić information content (AvgIpc) is 2.42. The molecule has 1 fully saturated rings. The number of alkyl halides is 1. The predicted molar refractivity (Wildman–Crippen MR) is 85.9 cm³/mol. The second-order valence-corrected chi connectivity index (χ2v) is 8.16. The van der Waals surface area contributed by atoms with Gasteiger partial charge in [0.2, 0.25) is 10.0 Å². The van der Waals surface area contributed by atoms with Crippen molar-refractivity contribution in [2.24, 2.45) is 0 Å². The van der Waals surface area contributed by atoms with Crippen LogP contribution in [0.4, 0.5) is 0 Å². The fourth-order valence-electron chi connectivity index (χ4n) is 2.82. The van der Waals surface area contributed by atoms with Crippen molar-refractivity contribution in [3.05, 3.63) is 29.3 Å². The molecule has 0 amide bonds. The lowest BCUT2D eigenvalue weighted by molar-refractivity contribution is 0.248. The molecule has 1 atom stereocenters. The molecule has 2 rings (SSSR count). The summed E-state index contributed by atoms with van der Waals surface area (Å²) in [5.74, 6) is 0. The molecule has 0 saturated carbocycles. The monoisotopic (exact) mass is 359 g/mol. The van der Waals surface area contributed by atoms with Crippen molar-refractivity contribution in [1.29, 1.82) is 0 Å². The molecule has 1 aromatic rings. The van der Waals surface area contributed by atoms with Crippen LogP contribution in [0.25, 0.3) is 0 Å². The van der Waals surface area contributed by atoms with Gasteiger partial charge >= 0.3 is 0 Å². The zero-order valence-electron chi connectivity index (χ0n) is 12.1. The molecule has 112 valence electrons. The van der Waals surface area contributed by atoms with E-state index in [-0.39, 0.29) is 6.04 Å². The maximum atomic E-state index is 13.0. The van der Waals surface area contributed by atoms with E-state index in [1.54, 1.807) is 10.4 Å². The number of nitrogens with zero attached hydrogens (tertiary/aromatic N) is 1. The summed E-state index contributed by atoms with van der Waals surface area (Å²) in [6, 6.07) is 5.78. The summed E-state index contributed by atoms with van der Waals surface area (Å²) in [6.45, 7) is 4.45. The number of aryl methyl sites for hydroxylation is 2. The first-order valence-electron chi connectivity index (χ1n) is 7.12. The predicted octanol–water partition coefficient (Wildman–Crippen LogP) is 3.63. The number of sulfonamides is 1. The first kappa shape index (κ1) is 16.0. The van der Waals surface area contributed by atoms with E-state index in [2.05, 4.69) is 15.9 Å². The summed E-state index contributed by atoms with van der Waals surface area (Å²) in [7, 11) is -3.37. The second-order valence-electron chi connectivity index (χ2n) is 5.51. The fraction of sp³-hybridized carbons (Fsp3) is 0.600. The highest BCUT2D eigenvalue weighted by atomic mass is 79.9. The van der Waals surface area contributed by atoms with E-state index in [0.29, 0.717) is 11.4 Å². The molecule has 1 saturated heterocycles. The molecule has 5 heteroatoms. The maximum absolute atomic E-state index is 13.0. The number of hydrogen-bond donors (Lipinski definition) is 0. The van der Waals surface area contributed by atoms with E-state index >= 15 is 0 Å². The Morgan fingerprint density at radius 1 is 1.30 bits per heavy atom. The van der Waals surface area contributed by atoms with E-state index in [1.807, 2.05) is 26.0 Å². The third-order valence-electron chi connectivity index (χ3n) is 3.95. The number of benzene rings is 1. The Kier molecular flexibility index (Phi) is 5.26. The Labute approximate surface area is 130 Å². The van der Waals surface area contributed by atoms with Crippen molar-refractivity contribution in [1.82, 2.24) is 4.31 Å². The average molecular weight is 360 g/mol. The van der Waals surface area contributed by atoms with Crippen LogP contribution in [0, 0.1) is 13.8 Å². The third-order valence-corrected chi connectivity index (χ3v) is 6.50. The van der Waals surface area contributed by atoms with E-state index in [1.165, 1.54) is 0 Å². The fourth-order valence-corrected chi connectivity index (χ4v) is 5.38. The summed E-state index contributed by atoms with van der Waals surface area (Å²) in [5, 5.41) is 0.844. The Hall–Kier alpha value is -0.390.